The van der Waals surface area contributed by atoms with E-state index in [1.165, 1.54) is 0 Å². The molecule has 2 nitrogen and oxygen atoms in total. The smallest absolute Gasteiger partial charge is 0.0963 e. The van der Waals surface area contributed by atoms with Gasteiger partial charge in [0.2, 0.25) is 0 Å². The molecule has 0 saturated carbocycles. The topological polar surface area (TPSA) is 20.3 Å². The summed E-state index contributed by atoms with van der Waals surface area (Å²) in [6, 6.07) is 0. The van der Waals surface area contributed by atoms with E-state index in [4.69, 9.17) is 0 Å². The van der Waals surface area contributed by atoms with Gasteiger partial charge in [-0.1, -0.05) is 0 Å². The number of hydrogen-bond donors (Lipinski definition) is 0. The first-order valence-electron chi connectivity index (χ1n) is 2.63. The molecule has 0 aliphatic rings. The average molecular weight is 135 g/mol. The zero-order chi connectivity index (χ0) is 6.73. The molecule has 0 spiro atoms. The number of hydrogen-bond acceptors (Lipinski definition) is 1. The quantitative estimate of drug-likeness (QED) is 0.543. The molecular weight excluding hydrogens is 122 g/mol. The summed E-state index contributed by atoms with van der Waals surface area (Å²) >= 11 is 0. The molecule has 0 rings (SSSR count). The summed E-state index contributed by atoms with van der Waals surface area (Å²) in [5.41, 5.74) is 0. The van der Waals surface area contributed by atoms with Gasteiger partial charge in [-0.2, -0.15) is 0 Å². The standard InChI is InChI=1S/C5H13NOS/c1-5(2)8(7)6(3)4/h5H,1-4H3. The molecule has 0 aromatic rings. The van der Waals surface area contributed by atoms with Crippen LogP contribution in [0.25, 0.3) is 0 Å². The summed E-state index contributed by atoms with van der Waals surface area (Å²) in [7, 11) is 2.84. The fourth-order valence-corrected chi connectivity index (χ4v) is 1.26. The summed E-state index contributed by atoms with van der Waals surface area (Å²) in [4.78, 5) is 0. The summed E-state index contributed by atoms with van der Waals surface area (Å²) in [6.07, 6.45) is 0. The molecule has 50 valence electrons. The lowest BCUT2D eigenvalue weighted by molar-refractivity contribution is 0.594. The van der Waals surface area contributed by atoms with Gasteiger partial charge in [0, 0.05) is 5.25 Å². The molecule has 8 heavy (non-hydrogen) atoms. The molecule has 0 heterocycles. The highest BCUT2D eigenvalue weighted by atomic mass is 32.2. The van der Waals surface area contributed by atoms with Gasteiger partial charge in [0.15, 0.2) is 0 Å². The van der Waals surface area contributed by atoms with Crippen LogP contribution >= 0.6 is 0 Å². The molecule has 0 saturated heterocycles. The van der Waals surface area contributed by atoms with Gasteiger partial charge in [0.25, 0.3) is 0 Å². The molecule has 1 atom stereocenters. The van der Waals surface area contributed by atoms with Crippen LogP contribution in [-0.4, -0.2) is 27.9 Å². The Morgan fingerprint density at radius 3 is 1.75 bits per heavy atom. The Kier molecular flexibility index (Phi) is 3.24. The zero-order valence-corrected chi connectivity index (χ0v) is 6.66. The van der Waals surface area contributed by atoms with Gasteiger partial charge >= 0.3 is 0 Å². The minimum absolute atomic E-state index is 0.241. The van der Waals surface area contributed by atoms with Crippen LogP contribution in [0.15, 0.2) is 0 Å². The molecule has 0 radical (unpaired) electrons. The number of rotatable bonds is 2. The van der Waals surface area contributed by atoms with Crippen LogP contribution in [0.1, 0.15) is 13.8 Å². The van der Waals surface area contributed by atoms with Crippen molar-refractivity contribution < 1.29 is 4.21 Å². The SMILES string of the molecule is CC(C)S(=O)N(C)C. The predicted molar refractivity (Wildman–Crippen MR) is 37.0 cm³/mol. The highest BCUT2D eigenvalue weighted by molar-refractivity contribution is 7.83. The van der Waals surface area contributed by atoms with Crippen molar-refractivity contribution in [1.82, 2.24) is 4.31 Å². The van der Waals surface area contributed by atoms with Gasteiger partial charge in [-0.3, -0.25) is 0 Å². The monoisotopic (exact) mass is 135 g/mol. The maximum atomic E-state index is 10.9. The van der Waals surface area contributed by atoms with Crippen molar-refractivity contribution >= 4 is 11.0 Å². The second-order valence-electron chi connectivity index (χ2n) is 2.14. The summed E-state index contributed by atoms with van der Waals surface area (Å²) in [5.74, 6) is 0. The first kappa shape index (κ1) is 8.11. The van der Waals surface area contributed by atoms with Crippen molar-refractivity contribution in [3.63, 3.8) is 0 Å². The fourth-order valence-electron chi connectivity index (χ4n) is 0.422. The minimum Gasteiger partial charge on any atom is -0.242 e. The second kappa shape index (κ2) is 3.20. The first-order chi connectivity index (χ1) is 3.55. The van der Waals surface area contributed by atoms with Gasteiger partial charge in [-0.25, -0.2) is 8.51 Å². The Morgan fingerprint density at radius 1 is 1.38 bits per heavy atom. The molecule has 0 aromatic carbocycles. The number of nitrogens with zero attached hydrogens (tertiary/aromatic N) is 1. The highest BCUT2D eigenvalue weighted by Gasteiger charge is 2.05. The van der Waals surface area contributed by atoms with Crippen LogP contribution in [-0.2, 0) is 11.0 Å². The molecular formula is C5H13NOS. The first-order valence-corrected chi connectivity index (χ1v) is 3.80. The molecule has 3 heteroatoms. The van der Waals surface area contributed by atoms with Gasteiger partial charge in [-0.15, -0.1) is 0 Å². The van der Waals surface area contributed by atoms with Crippen molar-refractivity contribution in [3.8, 4) is 0 Å². The Balaban J connectivity index is 3.65. The molecule has 0 fully saturated rings. The van der Waals surface area contributed by atoms with Crippen molar-refractivity contribution in [1.29, 1.82) is 0 Å². The van der Waals surface area contributed by atoms with Crippen LogP contribution < -0.4 is 0 Å². The van der Waals surface area contributed by atoms with Crippen LogP contribution in [0.4, 0.5) is 0 Å². The Hall–Kier alpha value is 0.110. The third-order valence-electron chi connectivity index (χ3n) is 0.763. The Morgan fingerprint density at radius 2 is 1.75 bits per heavy atom. The molecule has 1 unspecified atom stereocenters. The predicted octanol–water partition coefficient (Wildman–Crippen LogP) is 0.620. The summed E-state index contributed by atoms with van der Waals surface area (Å²) in [6.45, 7) is 3.88. The van der Waals surface area contributed by atoms with Crippen molar-refractivity contribution in [2.75, 3.05) is 14.1 Å². The Bertz CT molecular complexity index is 80.4. The molecule has 0 amide bonds. The van der Waals surface area contributed by atoms with Crippen LogP contribution in [0, 0.1) is 0 Å². The van der Waals surface area contributed by atoms with Gasteiger partial charge in [0.1, 0.15) is 0 Å². The second-order valence-corrected chi connectivity index (χ2v) is 4.36. The molecule has 0 aliphatic carbocycles. The van der Waals surface area contributed by atoms with Crippen LogP contribution in [0.5, 0.6) is 0 Å². The van der Waals surface area contributed by atoms with Crippen LogP contribution in [0.3, 0.4) is 0 Å². The van der Waals surface area contributed by atoms with Crippen molar-refractivity contribution in [2.45, 2.75) is 19.1 Å². The van der Waals surface area contributed by atoms with Crippen molar-refractivity contribution in [2.24, 2.45) is 0 Å². The summed E-state index contributed by atoms with van der Waals surface area (Å²) < 4.78 is 12.6. The largest absolute Gasteiger partial charge is 0.242 e. The maximum Gasteiger partial charge on any atom is 0.0963 e. The average Bonchev–Trinajstić information content (AvgIpc) is 1.64. The lowest BCUT2D eigenvalue weighted by atomic mass is 10.6. The van der Waals surface area contributed by atoms with Gasteiger partial charge in [0.05, 0.1) is 11.0 Å². The molecule has 0 N–H and O–H groups in total. The van der Waals surface area contributed by atoms with E-state index in [0.717, 1.165) is 0 Å². The molecule has 0 aromatic heterocycles. The lowest BCUT2D eigenvalue weighted by Crippen LogP contribution is -2.22. The van der Waals surface area contributed by atoms with E-state index in [9.17, 15) is 4.21 Å². The van der Waals surface area contributed by atoms with Crippen LogP contribution in [0.2, 0.25) is 0 Å². The minimum atomic E-state index is -0.790. The highest BCUT2D eigenvalue weighted by Crippen LogP contribution is 1.94. The normalized spacial score (nSPS) is 15.2. The van der Waals surface area contributed by atoms with Gasteiger partial charge in [-0.05, 0) is 27.9 Å². The maximum absolute atomic E-state index is 10.9. The van der Waals surface area contributed by atoms with E-state index in [1.807, 2.05) is 27.9 Å². The third-order valence-corrected chi connectivity index (χ3v) is 2.29. The van der Waals surface area contributed by atoms with Gasteiger partial charge < -0.3 is 0 Å². The molecule has 0 aliphatic heterocycles. The van der Waals surface area contributed by atoms with E-state index in [1.54, 1.807) is 4.31 Å². The molecule has 0 bridgehead atoms. The Labute approximate surface area is 53.5 Å². The van der Waals surface area contributed by atoms with E-state index in [-0.39, 0.29) is 5.25 Å². The third kappa shape index (κ3) is 2.43. The summed E-state index contributed by atoms with van der Waals surface area (Å²) in [5, 5.41) is 0.241. The lowest BCUT2D eigenvalue weighted by Gasteiger charge is -2.10. The van der Waals surface area contributed by atoms with E-state index in [0.29, 0.717) is 0 Å². The van der Waals surface area contributed by atoms with E-state index >= 15 is 0 Å². The fraction of sp³-hybridized carbons (Fsp3) is 1.00. The van der Waals surface area contributed by atoms with E-state index in [2.05, 4.69) is 0 Å². The van der Waals surface area contributed by atoms with Crippen molar-refractivity contribution in [3.05, 3.63) is 0 Å². The zero-order valence-electron chi connectivity index (χ0n) is 5.84. The van der Waals surface area contributed by atoms with E-state index < -0.39 is 11.0 Å².